The van der Waals surface area contributed by atoms with Gasteiger partial charge in [0.15, 0.2) is 24.0 Å². The molecule has 0 N–H and O–H groups in total. The minimum Gasteiger partial charge on any atom is -0.459 e. The van der Waals surface area contributed by atoms with Gasteiger partial charge in [0.2, 0.25) is 6.54 Å². The summed E-state index contributed by atoms with van der Waals surface area (Å²) in [5, 5.41) is 0.562. The molecule has 4 rings (SSSR count). The summed E-state index contributed by atoms with van der Waals surface area (Å²) in [6.45, 7) is -0.318. The topological polar surface area (TPSA) is 64.3 Å². The van der Waals surface area contributed by atoms with Gasteiger partial charge in [-0.1, -0.05) is 54.1 Å². The zero-order valence-electron chi connectivity index (χ0n) is 16.1. The number of Topliss-reactive ketones (excluding diaryl/α,β-unsaturated/α-hetero) is 2. The third kappa shape index (κ3) is 3.76. The van der Waals surface area contributed by atoms with Crippen molar-refractivity contribution in [1.29, 1.82) is 0 Å². The monoisotopic (exact) mass is 420 g/mol. The molecular formula is C24H19ClNO4+. The zero-order chi connectivity index (χ0) is 21.1. The lowest BCUT2D eigenvalue weighted by Crippen LogP contribution is -2.43. The number of carbonyl (C=O) groups excluding carboxylic acids is 3. The van der Waals surface area contributed by atoms with Gasteiger partial charge in [-0.25, -0.2) is 4.79 Å². The first-order valence-electron chi connectivity index (χ1n) is 9.52. The van der Waals surface area contributed by atoms with Gasteiger partial charge in [-0.2, -0.15) is 4.57 Å². The molecular weight excluding hydrogens is 402 g/mol. The van der Waals surface area contributed by atoms with E-state index in [0.717, 1.165) is 5.56 Å². The van der Waals surface area contributed by atoms with Gasteiger partial charge in [-0.3, -0.25) is 9.59 Å². The number of aromatic nitrogens is 1. The van der Waals surface area contributed by atoms with E-state index in [4.69, 9.17) is 16.3 Å². The third-order valence-corrected chi connectivity index (χ3v) is 5.53. The number of pyridine rings is 1. The van der Waals surface area contributed by atoms with Crippen molar-refractivity contribution in [3.05, 3.63) is 101 Å². The van der Waals surface area contributed by atoms with Crippen molar-refractivity contribution < 1.29 is 23.7 Å². The molecule has 0 aliphatic heterocycles. The molecule has 5 nitrogen and oxygen atoms in total. The Hall–Kier alpha value is -3.31. The first-order valence-corrected chi connectivity index (χ1v) is 9.90. The lowest BCUT2D eigenvalue weighted by molar-refractivity contribution is -0.686. The molecule has 0 radical (unpaired) electrons. The van der Waals surface area contributed by atoms with E-state index < -0.39 is 11.4 Å². The Morgan fingerprint density at radius 2 is 1.47 bits per heavy atom. The van der Waals surface area contributed by atoms with Crippen LogP contribution in [0.5, 0.6) is 0 Å². The van der Waals surface area contributed by atoms with Crippen LogP contribution in [0.3, 0.4) is 0 Å². The molecule has 3 aromatic rings. The van der Waals surface area contributed by atoms with Gasteiger partial charge in [0.1, 0.15) is 12.0 Å². The smallest absolute Gasteiger partial charge is 0.372 e. The van der Waals surface area contributed by atoms with Gasteiger partial charge in [0.05, 0.1) is 0 Å². The molecule has 6 heteroatoms. The van der Waals surface area contributed by atoms with Gasteiger partial charge in [0, 0.05) is 28.3 Å². The van der Waals surface area contributed by atoms with E-state index in [9.17, 15) is 14.4 Å². The van der Waals surface area contributed by atoms with E-state index in [1.165, 1.54) is 0 Å². The number of nitrogens with zero attached hydrogens (tertiary/aromatic N) is 1. The molecule has 150 valence electrons. The van der Waals surface area contributed by atoms with Gasteiger partial charge >= 0.3 is 5.97 Å². The Morgan fingerprint density at radius 3 is 2.07 bits per heavy atom. The molecule has 0 atom stereocenters. The summed E-state index contributed by atoms with van der Waals surface area (Å²) in [6.07, 6.45) is 3.61. The molecule has 0 bridgehead atoms. The standard InChI is InChI=1S/C24H19ClNO4/c25-18-10-8-17(9-11-18)14-24(16-30-21(27)15-26-12-4-1-5-13-26)22(28)19-6-2-3-7-20(19)23(24)29/h1-13H,14-16H2/q+1. The van der Waals surface area contributed by atoms with Crippen LogP contribution in [-0.4, -0.2) is 24.1 Å². The number of fused-ring (bicyclic) bond motifs is 1. The fourth-order valence-electron chi connectivity index (χ4n) is 3.73. The fraction of sp³-hybridized carbons (Fsp3) is 0.167. The van der Waals surface area contributed by atoms with Gasteiger partial charge in [-0.15, -0.1) is 0 Å². The minimum absolute atomic E-state index is 0.00675. The van der Waals surface area contributed by atoms with E-state index >= 15 is 0 Å². The van der Waals surface area contributed by atoms with Crippen LogP contribution >= 0.6 is 11.6 Å². The summed E-state index contributed by atoms with van der Waals surface area (Å²) in [5.74, 6) is -1.16. The molecule has 1 aromatic heterocycles. The highest BCUT2D eigenvalue weighted by molar-refractivity contribution is 6.31. The van der Waals surface area contributed by atoms with Crippen molar-refractivity contribution in [3.8, 4) is 0 Å². The lowest BCUT2D eigenvalue weighted by Gasteiger charge is -2.25. The summed E-state index contributed by atoms with van der Waals surface area (Å²) in [5.41, 5.74) is 0.0198. The summed E-state index contributed by atoms with van der Waals surface area (Å²) in [6, 6.07) is 19.1. The van der Waals surface area contributed by atoms with Crippen LogP contribution < -0.4 is 4.57 Å². The largest absolute Gasteiger partial charge is 0.459 e. The molecule has 1 aliphatic rings. The van der Waals surface area contributed by atoms with E-state index in [0.29, 0.717) is 16.1 Å². The maximum atomic E-state index is 13.3. The second kappa shape index (κ2) is 8.20. The Morgan fingerprint density at radius 1 is 0.867 bits per heavy atom. The highest BCUT2D eigenvalue weighted by Gasteiger charge is 2.53. The van der Waals surface area contributed by atoms with Gasteiger partial charge in [-0.05, 0) is 24.1 Å². The maximum Gasteiger partial charge on any atom is 0.372 e. The molecule has 0 saturated carbocycles. The van der Waals surface area contributed by atoms with Crippen molar-refractivity contribution in [3.63, 3.8) is 0 Å². The molecule has 1 heterocycles. The molecule has 1 aliphatic carbocycles. The second-order valence-corrected chi connectivity index (χ2v) is 7.73. The zero-order valence-corrected chi connectivity index (χ0v) is 16.8. The van der Waals surface area contributed by atoms with Crippen molar-refractivity contribution >= 4 is 29.1 Å². The van der Waals surface area contributed by atoms with Crippen molar-refractivity contribution in [1.82, 2.24) is 0 Å². The number of carbonyl (C=O) groups is 3. The van der Waals surface area contributed by atoms with Crippen LogP contribution in [0.25, 0.3) is 0 Å². The summed E-state index contributed by atoms with van der Waals surface area (Å²) >= 11 is 5.97. The Balaban J connectivity index is 1.61. The Labute approximate surface area is 178 Å². The fourth-order valence-corrected chi connectivity index (χ4v) is 3.86. The molecule has 0 amide bonds. The van der Waals surface area contributed by atoms with E-state index in [2.05, 4.69) is 0 Å². The predicted octanol–water partition coefficient (Wildman–Crippen LogP) is 3.48. The van der Waals surface area contributed by atoms with Crippen LogP contribution in [0.2, 0.25) is 5.02 Å². The number of esters is 1. The first-order chi connectivity index (χ1) is 14.5. The molecule has 0 saturated heterocycles. The third-order valence-electron chi connectivity index (χ3n) is 5.27. The van der Waals surface area contributed by atoms with Crippen LogP contribution in [0.15, 0.2) is 79.1 Å². The molecule has 2 aromatic carbocycles. The average Bonchev–Trinajstić information content (AvgIpc) is 2.97. The van der Waals surface area contributed by atoms with E-state index in [1.54, 1.807) is 77.6 Å². The van der Waals surface area contributed by atoms with E-state index in [-0.39, 0.29) is 31.1 Å². The number of ether oxygens (including phenoxy) is 1. The number of rotatable bonds is 6. The molecule has 0 unspecified atom stereocenters. The van der Waals surface area contributed by atoms with Gasteiger partial charge in [0.25, 0.3) is 0 Å². The SMILES string of the molecule is O=C(C[n+]1ccccc1)OCC1(Cc2ccc(Cl)cc2)C(=O)c2ccccc2C1=O. The Kier molecular flexibility index (Phi) is 5.46. The second-order valence-electron chi connectivity index (χ2n) is 7.30. The average molecular weight is 421 g/mol. The summed E-state index contributed by atoms with van der Waals surface area (Å²) in [4.78, 5) is 39.1. The first kappa shape index (κ1) is 20.0. The van der Waals surface area contributed by atoms with Crippen LogP contribution in [0.4, 0.5) is 0 Å². The maximum absolute atomic E-state index is 13.3. The van der Waals surface area contributed by atoms with Crippen molar-refractivity contribution in [2.24, 2.45) is 5.41 Å². The van der Waals surface area contributed by atoms with Gasteiger partial charge < -0.3 is 4.74 Å². The van der Waals surface area contributed by atoms with Crippen LogP contribution in [0.1, 0.15) is 26.3 Å². The molecule has 0 spiro atoms. The molecule has 30 heavy (non-hydrogen) atoms. The quantitative estimate of drug-likeness (QED) is 0.348. The van der Waals surface area contributed by atoms with Crippen molar-refractivity contribution in [2.45, 2.75) is 13.0 Å². The minimum atomic E-state index is -1.48. The van der Waals surface area contributed by atoms with Crippen LogP contribution in [0, 0.1) is 5.41 Å². The number of ketones is 2. The Bertz CT molecular complexity index is 1070. The highest BCUT2D eigenvalue weighted by atomic mass is 35.5. The van der Waals surface area contributed by atoms with Crippen LogP contribution in [-0.2, 0) is 22.5 Å². The normalized spacial score (nSPS) is 14.4. The predicted molar refractivity (Wildman–Crippen MR) is 110 cm³/mol. The summed E-state index contributed by atoms with van der Waals surface area (Å²) in [7, 11) is 0. The number of benzene rings is 2. The lowest BCUT2D eigenvalue weighted by atomic mass is 9.77. The summed E-state index contributed by atoms with van der Waals surface area (Å²) < 4.78 is 7.14. The number of halogens is 1. The number of hydrogen-bond acceptors (Lipinski definition) is 4. The van der Waals surface area contributed by atoms with Crippen molar-refractivity contribution in [2.75, 3.05) is 6.61 Å². The van der Waals surface area contributed by atoms with E-state index in [1.807, 2.05) is 6.07 Å². The highest BCUT2D eigenvalue weighted by Crippen LogP contribution is 2.40. The number of hydrogen-bond donors (Lipinski definition) is 0. The molecule has 0 fully saturated rings.